The van der Waals surface area contributed by atoms with Crippen LogP contribution in [-0.4, -0.2) is 29.0 Å². The molecular weight excluding hydrogens is 407 g/mol. The first-order chi connectivity index (χ1) is 14.1. The van der Waals surface area contributed by atoms with E-state index in [2.05, 4.69) is 20.6 Å². The molecule has 0 fully saturated rings. The van der Waals surface area contributed by atoms with Gasteiger partial charge in [0.2, 0.25) is 5.95 Å². The van der Waals surface area contributed by atoms with E-state index in [-0.39, 0.29) is 5.91 Å². The molecule has 7 heteroatoms. The lowest BCUT2D eigenvalue weighted by atomic mass is 10.2. The second kappa shape index (κ2) is 10.6. The highest BCUT2D eigenvalue weighted by atomic mass is 35.5. The summed E-state index contributed by atoms with van der Waals surface area (Å²) in [5.74, 6) is 0.255. The molecule has 0 atom stereocenters. The Bertz CT molecular complexity index is 973. The van der Waals surface area contributed by atoms with Crippen LogP contribution in [0.2, 0.25) is 10.0 Å². The zero-order chi connectivity index (χ0) is 20.5. The Morgan fingerprint density at radius 1 is 0.931 bits per heavy atom. The van der Waals surface area contributed by atoms with Gasteiger partial charge in [-0.05, 0) is 36.3 Å². The predicted molar refractivity (Wildman–Crippen MR) is 119 cm³/mol. The third-order valence-electron chi connectivity index (χ3n) is 4.04. The van der Waals surface area contributed by atoms with Crippen molar-refractivity contribution in [1.82, 2.24) is 15.3 Å². The van der Waals surface area contributed by atoms with Crippen LogP contribution in [0.25, 0.3) is 12.2 Å². The van der Waals surface area contributed by atoms with E-state index in [1.54, 1.807) is 24.4 Å². The van der Waals surface area contributed by atoms with E-state index in [0.717, 1.165) is 11.3 Å². The lowest BCUT2D eigenvalue weighted by Gasteiger charge is -2.09. The first kappa shape index (κ1) is 20.8. The highest BCUT2D eigenvalue weighted by Gasteiger charge is 2.13. The van der Waals surface area contributed by atoms with Crippen LogP contribution in [0.15, 0.2) is 60.8 Å². The van der Waals surface area contributed by atoms with Gasteiger partial charge < -0.3 is 10.6 Å². The number of halogens is 2. The van der Waals surface area contributed by atoms with E-state index in [1.807, 2.05) is 48.6 Å². The van der Waals surface area contributed by atoms with E-state index in [4.69, 9.17) is 23.2 Å². The van der Waals surface area contributed by atoms with Crippen molar-refractivity contribution >= 4 is 47.2 Å². The molecule has 3 rings (SSSR count). The lowest BCUT2D eigenvalue weighted by molar-refractivity contribution is 0.0954. The molecule has 2 N–H and O–H groups in total. The largest absolute Gasteiger partial charge is 0.354 e. The maximum absolute atomic E-state index is 12.2. The molecule has 0 saturated heterocycles. The predicted octanol–water partition coefficient (Wildman–Crippen LogP) is 5.19. The first-order valence-electron chi connectivity index (χ1n) is 9.16. The second-order valence-electron chi connectivity index (χ2n) is 6.18. The molecule has 0 saturated carbocycles. The third-order valence-corrected chi connectivity index (χ3v) is 4.67. The zero-order valence-corrected chi connectivity index (χ0v) is 17.1. The van der Waals surface area contributed by atoms with Gasteiger partial charge in [-0.25, -0.2) is 9.97 Å². The molecule has 148 valence electrons. The summed E-state index contributed by atoms with van der Waals surface area (Å²) in [6.07, 6.45) is 6.35. The maximum Gasteiger partial charge on any atom is 0.254 e. The first-order valence-corrected chi connectivity index (χ1v) is 9.91. The van der Waals surface area contributed by atoms with E-state index in [1.165, 1.54) is 0 Å². The van der Waals surface area contributed by atoms with Crippen LogP contribution in [0.5, 0.6) is 0 Å². The number of nitrogens with one attached hydrogen (secondary N) is 2. The molecule has 2 aromatic carbocycles. The number of hydrogen-bond donors (Lipinski definition) is 2. The minimum absolute atomic E-state index is 0.287. The van der Waals surface area contributed by atoms with Crippen molar-refractivity contribution in [2.45, 2.75) is 6.42 Å². The van der Waals surface area contributed by atoms with Crippen LogP contribution >= 0.6 is 23.2 Å². The van der Waals surface area contributed by atoms with Gasteiger partial charge in [0.15, 0.2) is 0 Å². The average Bonchev–Trinajstić information content (AvgIpc) is 2.73. The van der Waals surface area contributed by atoms with Gasteiger partial charge in [-0.2, -0.15) is 0 Å². The molecule has 3 aromatic rings. The summed E-state index contributed by atoms with van der Waals surface area (Å²) in [4.78, 5) is 20.9. The molecule has 0 aliphatic rings. The molecule has 29 heavy (non-hydrogen) atoms. The van der Waals surface area contributed by atoms with E-state index in [0.29, 0.717) is 41.1 Å². The standard InChI is InChI=1S/C22H20Cl2N4O/c23-18-8-4-9-19(24)20(18)21(29)25-13-5-14-26-22-27-15-12-17(28-22)11-10-16-6-2-1-3-7-16/h1-4,6-12,15H,5,13-14H2,(H,25,29)(H,26,27,28)/b11-10+. The Morgan fingerprint density at radius 2 is 1.69 bits per heavy atom. The normalized spacial score (nSPS) is 10.8. The molecule has 0 aliphatic heterocycles. The van der Waals surface area contributed by atoms with E-state index < -0.39 is 0 Å². The van der Waals surface area contributed by atoms with Gasteiger partial charge in [-0.1, -0.05) is 65.7 Å². The van der Waals surface area contributed by atoms with Crippen molar-refractivity contribution in [3.8, 4) is 0 Å². The summed E-state index contributed by atoms with van der Waals surface area (Å²) >= 11 is 12.1. The Labute approximate surface area is 179 Å². The average molecular weight is 427 g/mol. The van der Waals surface area contributed by atoms with Crippen LogP contribution < -0.4 is 10.6 Å². The highest BCUT2D eigenvalue weighted by molar-refractivity contribution is 6.39. The Morgan fingerprint density at radius 3 is 2.45 bits per heavy atom. The Kier molecular flexibility index (Phi) is 7.61. The third kappa shape index (κ3) is 6.31. The van der Waals surface area contributed by atoms with Crippen LogP contribution in [-0.2, 0) is 0 Å². The molecule has 0 spiro atoms. The number of rotatable bonds is 8. The van der Waals surface area contributed by atoms with Gasteiger partial charge in [0.1, 0.15) is 0 Å². The van der Waals surface area contributed by atoms with Gasteiger partial charge in [-0.3, -0.25) is 4.79 Å². The minimum Gasteiger partial charge on any atom is -0.354 e. The van der Waals surface area contributed by atoms with Crippen LogP contribution in [0.1, 0.15) is 28.0 Å². The van der Waals surface area contributed by atoms with Gasteiger partial charge >= 0.3 is 0 Å². The summed E-state index contributed by atoms with van der Waals surface area (Å²) in [5, 5.41) is 6.65. The van der Waals surface area contributed by atoms with E-state index >= 15 is 0 Å². The quantitative estimate of drug-likeness (QED) is 0.486. The number of benzene rings is 2. The molecule has 1 aromatic heterocycles. The van der Waals surface area contributed by atoms with Crippen molar-refractivity contribution in [3.63, 3.8) is 0 Å². The minimum atomic E-state index is -0.287. The molecule has 1 heterocycles. The maximum atomic E-state index is 12.2. The van der Waals surface area contributed by atoms with Crippen molar-refractivity contribution in [3.05, 3.63) is 87.7 Å². The number of anilines is 1. The van der Waals surface area contributed by atoms with Crippen molar-refractivity contribution in [2.24, 2.45) is 0 Å². The number of carbonyl (C=O) groups excluding carboxylic acids is 1. The molecule has 0 bridgehead atoms. The summed E-state index contributed by atoms with van der Waals surface area (Å²) < 4.78 is 0. The highest BCUT2D eigenvalue weighted by Crippen LogP contribution is 2.23. The smallest absolute Gasteiger partial charge is 0.254 e. The molecule has 0 radical (unpaired) electrons. The number of nitrogens with zero attached hydrogens (tertiary/aromatic N) is 2. The number of aromatic nitrogens is 2. The summed E-state index contributed by atoms with van der Waals surface area (Å²) in [6, 6.07) is 16.8. The van der Waals surface area contributed by atoms with Crippen molar-refractivity contribution < 1.29 is 4.79 Å². The fourth-order valence-electron chi connectivity index (χ4n) is 2.59. The summed E-state index contributed by atoms with van der Waals surface area (Å²) in [7, 11) is 0. The van der Waals surface area contributed by atoms with Gasteiger partial charge in [0.05, 0.1) is 21.3 Å². The fraction of sp³-hybridized carbons (Fsp3) is 0.136. The molecular formula is C22H20Cl2N4O. The van der Waals surface area contributed by atoms with Crippen LogP contribution in [0.4, 0.5) is 5.95 Å². The second-order valence-corrected chi connectivity index (χ2v) is 7.00. The van der Waals surface area contributed by atoms with Gasteiger partial charge in [0.25, 0.3) is 5.91 Å². The topological polar surface area (TPSA) is 66.9 Å². The van der Waals surface area contributed by atoms with Gasteiger partial charge in [0, 0.05) is 19.3 Å². The number of amides is 1. The summed E-state index contributed by atoms with van der Waals surface area (Å²) in [5.41, 5.74) is 2.22. The number of carbonyl (C=O) groups is 1. The van der Waals surface area contributed by atoms with Gasteiger partial charge in [-0.15, -0.1) is 0 Å². The lowest BCUT2D eigenvalue weighted by Crippen LogP contribution is -2.26. The Balaban J connectivity index is 1.45. The number of hydrogen-bond acceptors (Lipinski definition) is 4. The molecule has 1 amide bonds. The van der Waals surface area contributed by atoms with Crippen LogP contribution in [0.3, 0.4) is 0 Å². The molecule has 0 unspecified atom stereocenters. The monoisotopic (exact) mass is 426 g/mol. The summed E-state index contributed by atoms with van der Waals surface area (Å²) in [6.45, 7) is 1.09. The van der Waals surface area contributed by atoms with Crippen molar-refractivity contribution in [1.29, 1.82) is 0 Å². The molecule has 5 nitrogen and oxygen atoms in total. The fourth-order valence-corrected chi connectivity index (χ4v) is 3.16. The van der Waals surface area contributed by atoms with Crippen LogP contribution in [0, 0.1) is 0 Å². The van der Waals surface area contributed by atoms with Crippen molar-refractivity contribution in [2.75, 3.05) is 18.4 Å². The Hall–Kier alpha value is -2.89. The van der Waals surface area contributed by atoms with E-state index in [9.17, 15) is 4.79 Å². The zero-order valence-electron chi connectivity index (χ0n) is 15.6. The SMILES string of the molecule is O=C(NCCCNc1nccc(/C=C/c2ccccc2)n1)c1c(Cl)cccc1Cl. The molecule has 0 aliphatic carbocycles.